The van der Waals surface area contributed by atoms with Crippen LogP contribution in [0.4, 0.5) is 17.2 Å². The molecule has 12 heteroatoms. The van der Waals surface area contributed by atoms with Crippen molar-refractivity contribution in [2.24, 2.45) is 0 Å². The molecule has 0 aliphatic carbocycles. The normalized spacial score (nSPS) is 13.1. The summed E-state index contributed by atoms with van der Waals surface area (Å²) < 4.78 is 34.5. The van der Waals surface area contributed by atoms with Gasteiger partial charge in [0.1, 0.15) is 17.1 Å². The molecule has 30 heavy (non-hydrogen) atoms. The fraction of sp³-hybridized carbons (Fsp3) is 0.389. The number of anilines is 3. The van der Waals surface area contributed by atoms with Gasteiger partial charge in [0.15, 0.2) is 15.8 Å². The van der Waals surface area contributed by atoms with E-state index in [0.717, 1.165) is 16.3 Å². The Labute approximate surface area is 177 Å². The zero-order chi connectivity index (χ0) is 22.2. The molecule has 2 aromatic heterocycles. The quantitative estimate of drug-likeness (QED) is 0.415. The van der Waals surface area contributed by atoms with Crippen LogP contribution >= 0.6 is 11.5 Å². The summed E-state index contributed by atoms with van der Waals surface area (Å²) >= 11 is 0.567. The number of aryl methyl sites for hydroxylation is 1. The van der Waals surface area contributed by atoms with Crippen molar-refractivity contribution in [3.05, 3.63) is 44.1 Å². The molecule has 3 aromatic rings. The predicted octanol–water partition coefficient (Wildman–Crippen LogP) is 2.29. The van der Waals surface area contributed by atoms with Gasteiger partial charge in [-0.2, -0.15) is 4.37 Å². The Morgan fingerprint density at radius 3 is 2.50 bits per heavy atom. The summed E-state index contributed by atoms with van der Waals surface area (Å²) in [6.45, 7) is 3.86. The number of rotatable bonds is 9. The Hall–Kier alpha value is -2.70. The van der Waals surface area contributed by atoms with Crippen LogP contribution in [-0.4, -0.2) is 36.3 Å². The summed E-state index contributed by atoms with van der Waals surface area (Å²) in [4.78, 5) is 24.3. The molecule has 162 valence electrons. The van der Waals surface area contributed by atoms with E-state index >= 15 is 0 Å². The van der Waals surface area contributed by atoms with Crippen molar-refractivity contribution in [2.45, 2.75) is 36.9 Å². The smallest absolute Gasteiger partial charge is 0.257 e. The molecule has 1 unspecified atom stereocenters. The molecule has 3 N–H and O–H groups in total. The fourth-order valence-electron chi connectivity index (χ4n) is 2.84. The highest BCUT2D eigenvalue weighted by Crippen LogP contribution is 2.38. The van der Waals surface area contributed by atoms with Gasteiger partial charge < -0.3 is 20.2 Å². The summed E-state index contributed by atoms with van der Waals surface area (Å²) in [6, 6.07) is 1.51. The maximum absolute atomic E-state index is 12.2. The van der Waals surface area contributed by atoms with E-state index in [1.54, 1.807) is 6.26 Å². The van der Waals surface area contributed by atoms with Gasteiger partial charge in [0.05, 0.1) is 12.3 Å². The Bertz CT molecular complexity index is 1230. The Balaban J connectivity index is 1.90. The number of aromatic hydroxyl groups is 1. The van der Waals surface area contributed by atoms with E-state index in [4.69, 9.17) is 4.42 Å². The highest BCUT2D eigenvalue weighted by atomic mass is 32.2. The number of nitrogens with one attached hydrogen (secondary N) is 2. The monoisotopic (exact) mass is 454 g/mol. The summed E-state index contributed by atoms with van der Waals surface area (Å²) in [6.07, 6.45) is 3.05. The first-order valence-corrected chi connectivity index (χ1v) is 11.3. The van der Waals surface area contributed by atoms with Gasteiger partial charge in [0.25, 0.3) is 20.9 Å². The Kier molecular flexibility index (Phi) is 6.01. The number of sulfonamides is 1. The minimum absolute atomic E-state index is 0.0388. The highest BCUT2D eigenvalue weighted by Gasteiger charge is 2.30. The first-order valence-electron chi connectivity index (χ1n) is 9.11. The summed E-state index contributed by atoms with van der Waals surface area (Å²) in [7, 11) is -1.26. The molecule has 0 fully saturated rings. The lowest BCUT2D eigenvalue weighted by molar-refractivity contribution is 0.459. The molecule has 0 amide bonds. The average Bonchev–Trinajstić information content (AvgIpc) is 3.29. The van der Waals surface area contributed by atoms with Crippen molar-refractivity contribution in [2.75, 3.05) is 24.7 Å². The van der Waals surface area contributed by atoms with Crippen LogP contribution in [0.25, 0.3) is 0 Å². The molecular formula is C18H22N4O6S2. The number of aromatic nitrogens is 1. The van der Waals surface area contributed by atoms with Gasteiger partial charge in [-0.3, -0.25) is 9.59 Å². The number of hydrogen-bond donors (Lipinski definition) is 3. The van der Waals surface area contributed by atoms with E-state index < -0.39 is 26.6 Å². The molecule has 3 rings (SSSR count). The van der Waals surface area contributed by atoms with Crippen LogP contribution in [0.3, 0.4) is 0 Å². The number of hydrogen-bond acceptors (Lipinski definition) is 10. The lowest BCUT2D eigenvalue weighted by Gasteiger charge is -2.20. The standard InChI is InChI=1S/C18H22N4O6S2/c1-5-6-10(11-7-9(2)8-28-11)19-12-13(15(24)14(12)23)20-17-16(25)18(29-21-17)30(26,27)22(3)4/h7-8,10,19,25H,5-6H2,1-4H3,(H,20,21). The fourth-order valence-corrected chi connectivity index (χ4v) is 4.94. The van der Waals surface area contributed by atoms with Crippen LogP contribution in [0, 0.1) is 6.92 Å². The second kappa shape index (κ2) is 8.20. The third kappa shape index (κ3) is 3.85. The van der Waals surface area contributed by atoms with E-state index in [0.29, 0.717) is 23.7 Å². The van der Waals surface area contributed by atoms with Gasteiger partial charge in [-0.15, -0.1) is 0 Å². The largest absolute Gasteiger partial charge is 0.503 e. The Morgan fingerprint density at radius 1 is 1.27 bits per heavy atom. The molecule has 1 atom stereocenters. The van der Waals surface area contributed by atoms with Crippen molar-refractivity contribution in [1.82, 2.24) is 8.68 Å². The van der Waals surface area contributed by atoms with Crippen molar-refractivity contribution in [1.29, 1.82) is 0 Å². The van der Waals surface area contributed by atoms with Crippen LogP contribution in [0.15, 0.2) is 30.5 Å². The molecule has 0 saturated carbocycles. The van der Waals surface area contributed by atoms with Gasteiger partial charge in [-0.1, -0.05) is 13.3 Å². The van der Waals surface area contributed by atoms with Crippen LogP contribution in [-0.2, 0) is 10.0 Å². The molecule has 0 aliphatic rings. The van der Waals surface area contributed by atoms with E-state index in [9.17, 15) is 23.1 Å². The van der Waals surface area contributed by atoms with Gasteiger partial charge in [0, 0.05) is 14.1 Å². The second-order valence-electron chi connectivity index (χ2n) is 7.00. The van der Waals surface area contributed by atoms with Gasteiger partial charge >= 0.3 is 0 Å². The summed E-state index contributed by atoms with van der Waals surface area (Å²) in [5, 5.41) is 15.9. The molecule has 0 spiro atoms. The summed E-state index contributed by atoms with van der Waals surface area (Å²) in [5.74, 6) is -0.194. The number of nitrogens with zero attached hydrogens (tertiary/aromatic N) is 2. The topological polar surface area (TPSA) is 142 Å². The predicted molar refractivity (Wildman–Crippen MR) is 114 cm³/mol. The van der Waals surface area contributed by atoms with Crippen LogP contribution in [0.1, 0.15) is 37.1 Å². The molecule has 2 heterocycles. The van der Waals surface area contributed by atoms with E-state index in [1.165, 1.54) is 14.1 Å². The molecule has 0 bridgehead atoms. The third-order valence-electron chi connectivity index (χ3n) is 4.50. The average molecular weight is 455 g/mol. The lowest BCUT2D eigenvalue weighted by atomic mass is 10.1. The molecular weight excluding hydrogens is 432 g/mol. The zero-order valence-electron chi connectivity index (χ0n) is 16.8. The second-order valence-corrected chi connectivity index (χ2v) is 10.1. The van der Waals surface area contributed by atoms with E-state index in [1.807, 2.05) is 19.9 Å². The molecule has 1 aromatic carbocycles. The summed E-state index contributed by atoms with van der Waals surface area (Å²) in [5.41, 5.74) is -0.612. The minimum atomic E-state index is -3.91. The van der Waals surface area contributed by atoms with Gasteiger partial charge in [-0.05, 0) is 36.5 Å². The van der Waals surface area contributed by atoms with Gasteiger partial charge in [0.2, 0.25) is 0 Å². The van der Waals surface area contributed by atoms with Crippen LogP contribution in [0.5, 0.6) is 5.75 Å². The SMILES string of the molecule is CCCC(Nc1c(Nc2nsc(S(=O)(=O)N(C)C)c2O)c(=O)c1=O)c1cc(C)co1. The van der Waals surface area contributed by atoms with Gasteiger partial charge in [-0.25, -0.2) is 12.7 Å². The molecule has 0 saturated heterocycles. The van der Waals surface area contributed by atoms with Crippen molar-refractivity contribution in [3.63, 3.8) is 0 Å². The zero-order valence-corrected chi connectivity index (χ0v) is 18.5. The third-order valence-corrected chi connectivity index (χ3v) is 7.61. The first-order chi connectivity index (χ1) is 14.1. The Morgan fingerprint density at radius 2 is 1.93 bits per heavy atom. The van der Waals surface area contributed by atoms with Crippen molar-refractivity contribution < 1.29 is 17.9 Å². The van der Waals surface area contributed by atoms with Crippen LogP contribution < -0.4 is 21.5 Å². The minimum Gasteiger partial charge on any atom is -0.503 e. The van der Waals surface area contributed by atoms with E-state index in [2.05, 4.69) is 15.0 Å². The molecule has 0 radical (unpaired) electrons. The first kappa shape index (κ1) is 22.0. The highest BCUT2D eigenvalue weighted by molar-refractivity contribution is 7.91. The maximum atomic E-state index is 12.2. The van der Waals surface area contributed by atoms with E-state index in [-0.39, 0.29) is 27.4 Å². The lowest BCUT2D eigenvalue weighted by Crippen LogP contribution is -2.37. The molecule has 0 aliphatic heterocycles. The van der Waals surface area contributed by atoms with Crippen LogP contribution in [0.2, 0.25) is 0 Å². The molecule has 10 nitrogen and oxygen atoms in total. The van der Waals surface area contributed by atoms with Crippen molar-refractivity contribution >= 4 is 38.7 Å². The van der Waals surface area contributed by atoms with Crippen molar-refractivity contribution in [3.8, 4) is 5.75 Å². The maximum Gasteiger partial charge on any atom is 0.257 e. The number of furan rings is 1.